The van der Waals surface area contributed by atoms with Crippen molar-refractivity contribution in [2.24, 2.45) is 0 Å². The van der Waals surface area contributed by atoms with Gasteiger partial charge in [-0.05, 0) is 24.6 Å². The van der Waals surface area contributed by atoms with Gasteiger partial charge in [0.05, 0.1) is 11.5 Å². The number of esters is 1. The van der Waals surface area contributed by atoms with E-state index in [9.17, 15) is 14.9 Å². The molecular weight excluding hydrogens is 254 g/mol. The summed E-state index contributed by atoms with van der Waals surface area (Å²) < 4.78 is 14.9. The van der Waals surface area contributed by atoms with E-state index in [1.165, 1.54) is 0 Å². The van der Waals surface area contributed by atoms with E-state index in [4.69, 9.17) is 9.47 Å². The van der Waals surface area contributed by atoms with Crippen LogP contribution in [-0.4, -0.2) is 24.3 Å². The van der Waals surface area contributed by atoms with E-state index in [0.29, 0.717) is 17.1 Å². The molecule has 7 heteroatoms. The minimum Gasteiger partial charge on any atom is -0.458 e. The Balaban J connectivity index is 2.31. The maximum atomic E-state index is 11.4. The molecule has 19 heavy (non-hydrogen) atoms. The van der Waals surface area contributed by atoms with Crippen LogP contribution < -0.4 is 9.47 Å². The number of carbonyl (C=O) groups is 1. The lowest BCUT2D eigenvalue weighted by atomic mass is 10.1. The highest BCUT2D eigenvalue weighted by molar-refractivity contribution is 5.91. The van der Waals surface area contributed by atoms with E-state index in [2.05, 4.69) is 4.74 Å². The Kier molecular flexibility index (Phi) is 3.65. The zero-order chi connectivity index (χ0) is 13.8. The molecule has 0 saturated carbocycles. The van der Waals surface area contributed by atoms with E-state index >= 15 is 0 Å². The van der Waals surface area contributed by atoms with Gasteiger partial charge in [-0.1, -0.05) is 6.07 Å². The van der Waals surface area contributed by atoms with Crippen molar-refractivity contribution in [2.45, 2.75) is 6.92 Å². The van der Waals surface area contributed by atoms with Gasteiger partial charge in [0.25, 0.3) is 0 Å². The first-order valence-electron chi connectivity index (χ1n) is 5.54. The van der Waals surface area contributed by atoms with Gasteiger partial charge in [0.1, 0.15) is 0 Å². The van der Waals surface area contributed by atoms with Crippen molar-refractivity contribution in [3.63, 3.8) is 0 Å². The number of nitro groups is 1. The third-order valence-corrected chi connectivity index (χ3v) is 2.38. The van der Waals surface area contributed by atoms with Gasteiger partial charge in [-0.3, -0.25) is 10.1 Å². The van der Waals surface area contributed by atoms with Crippen molar-refractivity contribution in [1.29, 1.82) is 0 Å². The van der Waals surface area contributed by atoms with Gasteiger partial charge in [0.15, 0.2) is 11.5 Å². The summed E-state index contributed by atoms with van der Waals surface area (Å²) in [6.07, 6.45) is 1.14. The fourth-order valence-corrected chi connectivity index (χ4v) is 1.55. The topological polar surface area (TPSA) is 87.9 Å². The fraction of sp³-hybridized carbons (Fsp3) is 0.250. The van der Waals surface area contributed by atoms with E-state index in [0.717, 1.165) is 6.08 Å². The predicted octanol–water partition coefficient (Wildman–Crippen LogP) is 1.60. The Morgan fingerprint density at radius 2 is 2.21 bits per heavy atom. The zero-order valence-electron chi connectivity index (χ0n) is 10.1. The molecule has 1 aliphatic heterocycles. The molecule has 0 unspecified atom stereocenters. The van der Waals surface area contributed by atoms with Gasteiger partial charge < -0.3 is 14.2 Å². The summed E-state index contributed by atoms with van der Waals surface area (Å²) >= 11 is 0. The number of hydrogen-bond acceptors (Lipinski definition) is 6. The highest BCUT2D eigenvalue weighted by atomic mass is 16.7. The summed E-state index contributed by atoms with van der Waals surface area (Å²) in [5.74, 6) is 0.0846. The first kappa shape index (κ1) is 12.9. The van der Waals surface area contributed by atoms with Crippen molar-refractivity contribution in [3.05, 3.63) is 39.6 Å². The summed E-state index contributed by atoms with van der Waals surface area (Å²) in [5, 5.41) is 10.8. The molecule has 2 rings (SSSR count). The van der Waals surface area contributed by atoms with Crippen molar-refractivity contribution in [3.8, 4) is 11.5 Å². The molecule has 100 valence electrons. The highest BCUT2D eigenvalue weighted by Gasteiger charge is 2.23. The minimum atomic E-state index is -0.967. The van der Waals surface area contributed by atoms with Gasteiger partial charge in [0.2, 0.25) is 6.79 Å². The Bertz CT molecular complexity index is 551. The van der Waals surface area contributed by atoms with E-state index in [1.54, 1.807) is 25.1 Å². The molecule has 0 fully saturated rings. The molecule has 0 amide bonds. The lowest BCUT2D eigenvalue weighted by molar-refractivity contribution is -0.419. The molecule has 0 aromatic heterocycles. The van der Waals surface area contributed by atoms with Gasteiger partial charge in [0, 0.05) is 6.08 Å². The van der Waals surface area contributed by atoms with Crippen LogP contribution in [0.25, 0.3) is 6.08 Å². The molecule has 0 saturated heterocycles. The number of nitrogens with zero attached hydrogens (tertiary/aromatic N) is 1. The molecule has 1 aromatic carbocycles. The normalized spacial score (nSPS) is 13.2. The van der Waals surface area contributed by atoms with E-state index < -0.39 is 16.6 Å². The van der Waals surface area contributed by atoms with Crippen LogP contribution in [-0.2, 0) is 9.53 Å². The van der Waals surface area contributed by atoms with Crippen molar-refractivity contribution >= 4 is 12.0 Å². The SMILES string of the molecule is CCOC(=O)/C(=C/c1ccc2c(c1)OCO2)[N+](=O)[O-]. The minimum absolute atomic E-state index is 0.0746. The maximum Gasteiger partial charge on any atom is 0.409 e. The standard InChI is InChI=1S/C12H11NO6/c1-2-17-12(14)9(13(15)16)5-8-3-4-10-11(6-8)19-7-18-10/h3-6H,2,7H2,1H3/b9-5-. The molecule has 0 atom stereocenters. The molecule has 0 N–H and O–H groups in total. The second kappa shape index (κ2) is 5.38. The summed E-state index contributed by atoms with van der Waals surface area (Å²) in [5.41, 5.74) is -0.162. The number of ether oxygens (including phenoxy) is 3. The molecule has 1 aliphatic rings. The second-order valence-corrected chi connectivity index (χ2v) is 3.62. The third kappa shape index (κ3) is 2.82. The first-order chi connectivity index (χ1) is 9.11. The van der Waals surface area contributed by atoms with Crippen molar-refractivity contribution in [2.75, 3.05) is 13.4 Å². The number of fused-ring (bicyclic) bond motifs is 1. The van der Waals surface area contributed by atoms with Gasteiger partial charge in [-0.2, -0.15) is 0 Å². The summed E-state index contributed by atoms with van der Waals surface area (Å²) in [7, 11) is 0. The predicted molar refractivity (Wildman–Crippen MR) is 64.2 cm³/mol. The van der Waals surface area contributed by atoms with Crippen LogP contribution in [0.1, 0.15) is 12.5 Å². The second-order valence-electron chi connectivity index (χ2n) is 3.62. The molecule has 0 radical (unpaired) electrons. The van der Waals surface area contributed by atoms with Crippen LogP contribution >= 0.6 is 0 Å². The maximum absolute atomic E-state index is 11.4. The number of carbonyl (C=O) groups excluding carboxylic acids is 1. The Labute approximate surface area is 108 Å². The quantitative estimate of drug-likeness (QED) is 0.355. The van der Waals surface area contributed by atoms with Gasteiger partial charge >= 0.3 is 11.7 Å². The molecular formula is C12H11NO6. The van der Waals surface area contributed by atoms with Gasteiger partial charge in [-0.25, -0.2) is 4.79 Å². The fourth-order valence-electron chi connectivity index (χ4n) is 1.55. The summed E-state index contributed by atoms with van der Waals surface area (Å²) in [4.78, 5) is 21.5. The Morgan fingerprint density at radius 3 is 2.89 bits per heavy atom. The van der Waals surface area contributed by atoms with Crippen LogP contribution in [0, 0.1) is 10.1 Å². The number of hydrogen-bond donors (Lipinski definition) is 0. The van der Waals surface area contributed by atoms with Crippen LogP contribution in [0.5, 0.6) is 11.5 Å². The average Bonchev–Trinajstić information content (AvgIpc) is 2.83. The van der Waals surface area contributed by atoms with E-state index in [1.807, 2.05) is 0 Å². The largest absolute Gasteiger partial charge is 0.458 e. The Morgan fingerprint density at radius 1 is 1.47 bits per heavy atom. The van der Waals surface area contributed by atoms with Crippen molar-refractivity contribution in [1.82, 2.24) is 0 Å². The number of benzene rings is 1. The summed E-state index contributed by atoms with van der Waals surface area (Å²) in [6.45, 7) is 1.77. The highest BCUT2D eigenvalue weighted by Crippen LogP contribution is 2.33. The lowest BCUT2D eigenvalue weighted by Gasteiger charge is -2.00. The zero-order valence-corrected chi connectivity index (χ0v) is 10.1. The third-order valence-electron chi connectivity index (χ3n) is 2.38. The molecule has 1 aromatic rings. The van der Waals surface area contributed by atoms with Crippen LogP contribution in [0.4, 0.5) is 0 Å². The van der Waals surface area contributed by atoms with E-state index in [-0.39, 0.29) is 13.4 Å². The molecule has 1 heterocycles. The first-order valence-corrected chi connectivity index (χ1v) is 5.54. The monoisotopic (exact) mass is 265 g/mol. The molecule has 0 aliphatic carbocycles. The van der Waals surface area contributed by atoms with Crippen LogP contribution in [0.2, 0.25) is 0 Å². The Hall–Kier alpha value is -2.57. The van der Waals surface area contributed by atoms with Gasteiger partial charge in [-0.15, -0.1) is 0 Å². The van der Waals surface area contributed by atoms with Crippen molar-refractivity contribution < 1.29 is 23.9 Å². The lowest BCUT2D eigenvalue weighted by Crippen LogP contribution is -2.14. The molecule has 7 nitrogen and oxygen atoms in total. The number of rotatable bonds is 4. The molecule has 0 bridgehead atoms. The van der Waals surface area contributed by atoms with Crippen LogP contribution in [0.3, 0.4) is 0 Å². The van der Waals surface area contributed by atoms with Crippen LogP contribution in [0.15, 0.2) is 23.9 Å². The molecule has 0 spiro atoms. The summed E-state index contributed by atoms with van der Waals surface area (Å²) in [6, 6.07) is 4.78. The smallest absolute Gasteiger partial charge is 0.409 e. The average molecular weight is 265 g/mol.